The van der Waals surface area contributed by atoms with E-state index < -0.39 is 7.05 Å². The van der Waals surface area contributed by atoms with Gasteiger partial charge in [0.25, 0.3) is 0 Å². The third-order valence-corrected chi connectivity index (χ3v) is 6.27. The molecule has 2 aliphatic rings. The first-order chi connectivity index (χ1) is 14.7. The molecular formula is C20H40B2N2O7. The summed E-state index contributed by atoms with van der Waals surface area (Å²) in [6.45, 7) is 12.5. The number of ether oxygens (including phenoxy) is 2. The fourth-order valence-electron chi connectivity index (χ4n) is 4.05. The summed E-state index contributed by atoms with van der Waals surface area (Å²) in [7, 11) is 1.07. The second-order valence-corrected chi connectivity index (χ2v) is 8.23. The van der Waals surface area contributed by atoms with Gasteiger partial charge in [0, 0.05) is 7.11 Å². The number of carbonyl (C=O) groups excluding carboxylic acids is 3. The van der Waals surface area contributed by atoms with Crippen LogP contribution in [0.5, 0.6) is 0 Å². The quantitative estimate of drug-likeness (QED) is 0.441. The van der Waals surface area contributed by atoms with Crippen LogP contribution in [0.4, 0.5) is 0 Å². The van der Waals surface area contributed by atoms with Crippen LogP contribution in [0.2, 0.25) is 13.6 Å². The molecule has 2 fully saturated rings. The molecule has 0 amide bonds. The highest BCUT2D eigenvalue weighted by molar-refractivity contribution is 6.45. The van der Waals surface area contributed by atoms with E-state index in [9.17, 15) is 14.8 Å². The Hall–Kier alpha value is -1.22. The zero-order valence-corrected chi connectivity index (χ0v) is 19.8. The van der Waals surface area contributed by atoms with Gasteiger partial charge in [-0.15, -0.1) is 0 Å². The van der Waals surface area contributed by atoms with E-state index in [1.807, 2.05) is 18.6 Å². The van der Waals surface area contributed by atoms with Gasteiger partial charge in [-0.2, -0.15) is 9.59 Å². The Bertz CT molecular complexity index is 516. The average Bonchev–Trinajstić information content (AvgIpc) is 2.75. The first-order valence-corrected chi connectivity index (χ1v) is 11.2. The monoisotopic (exact) mass is 442 g/mol. The Morgan fingerprint density at radius 2 is 1.48 bits per heavy atom. The standard InChI is InChI=1S/C10H22BNO2.C9H18BNO3.CO2/c1-4-10(9-14-3)5-7-12(8-6-10)11(2)13;1-3-14-9(12)8-4-6-11(7-5-8)10(2)13;2-1-3/h13H,4-9H2,1-3H3;8,13H,3-7H2,1-2H3;. The molecule has 0 aromatic carbocycles. The van der Waals surface area contributed by atoms with Crippen LogP contribution in [0.3, 0.4) is 0 Å². The fourth-order valence-corrected chi connectivity index (χ4v) is 4.05. The summed E-state index contributed by atoms with van der Waals surface area (Å²) in [5, 5.41) is 18.8. The summed E-state index contributed by atoms with van der Waals surface area (Å²) in [5.41, 5.74) is 0.361. The van der Waals surface area contributed by atoms with E-state index >= 15 is 0 Å². The molecule has 0 atom stereocenters. The molecule has 0 radical (unpaired) electrons. The summed E-state index contributed by atoms with van der Waals surface area (Å²) >= 11 is 0. The fraction of sp³-hybridized carbons (Fsp3) is 0.900. The molecular weight excluding hydrogens is 402 g/mol. The minimum absolute atomic E-state index is 0.0324. The van der Waals surface area contributed by atoms with Crippen molar-refractivity contribution < 1.29 is 33.9 Å². The van der Waals surface area contributed by atoms with Crippen LogP contribution in [0, 0.1) is 11.3 Å². The molecule has 2 saturated heterocycles. The number of piperidine rings is 2. The van der Waals surface area contributed by atoms with E-state index in [0.29, 0.717) is 12.0 Å². The van der Waals surface area contributed by atoms with Crippen LogP contribution in [0.15, 0.2) is 0 Å². The second kappa shape index (κ2) is 16.4. The molecule has 31 heavy (non-hydrogen) atoms. The molecule has 2 heterocycles. The zero-order chi connectivity index (χ0) is 23.9. The van der Waals surface area contributed by atoms with Crippen LogP contribution in [-0.2, 0) is 23.9 Å². The maximum absolute atomic E-state index is 11.4. The van der Waals surface area contributed by atoms with Crippen molar-refractivity contribution in [3.05, 3.63) is 0 Å². The first-order valence-electron chi connectivity index (χ1n) is 11.2. The van der Waals surface area contributed by atoms with Crippen molar-refractivity contribution in [3.8, 4) is 0 Å². The molecule has 2 aliphatic heterocycles. The van der Waals surface area contributed by atoms with Gasteiger partial charge in [0.05, 0.1) is 19.1 Å². The molecule has 0 spiro atoms. The summed E-state index contributed by atoms with van der Waals surface area (Å²) in [6.07, 6.45) is 5.30. The normalized spacial score (nSPS) is 19.1. The lowest BCUT2D eigenvalue weighted by Crippen LogP contribution is -2.47. The number of methoxy groups -OCH3 is 1. The SMILES string of the molecule is CCC1(COC)CCN(B(C)O)CC1.CCOC(=O)C1CCN(B(C)O)CC1.O=C=O. The Balaban J connectivity index is 0.000000516. The Morgan fingerprint density at radius 1 is 1.03 bits per heavy atom. The van der Waals surface area contributed by atoms with Crippen LogP contribution >= 0.6 is 0 Å². The second-order valence-electron chi connectivity index (χ2n) is 8.23. The molecule has 9 nitrogen and oxygen atoms in total. The zero-order valence-electron chi connectivity index (χ0n) is 19.8. The average molecular weight is 442 g/mol. The molecule has 11 heteroatoms. The van der Waals surface area contributed by atoms with Crippen LogP contribution < -0.4 is 0 Å². The highest BCUT2D eigenvalue weighted by atomic mass is 16.5. The maximum atomic E-state index is 11.4. The number of hydrogen-bond donors (Lipinski definition) is 2. The minimum atomic E-state index is -0.404. The molecule has 0 aromatic heterocycles. The molecule has 0 aromatic rings. The predicted molar refractivity (Wildman–Crippen MR) is 119 cm³/mol. The van der Waals surface area contributed by atoms with Crippen LogP contribution in [0.25, 0.3) is 0 Å². The molecule has 0 aliphatic carbocycles. The summed E-state index contributed by atoms with van der Waals surface area (Å²) in [5.74, 6) is -0.0531. The molecule has 0 unspecified atom stereocenters. The summed E-state index contributed by atoms with van der Waals surface area (Å²) in [4.78, 5) is 31.7. The van der Waals surface area contributed by atoms with Crippen molar-refractivity contribution in [1.29, 1.82) is 0 Å². The van der Waals surface area contributed by atoms with Gasteiger partial charge in [-0.05, 0) is 84.3 Å². The number of carbonyl (C=O) groups is 1. The van der Waals surface area contributed by atoms with Crippen molar-refractivity contribution in [3.63, 3.8) is 0 Å². The highest BCUT2D eigenvalue weighted by Gasteiger charge is 2.34. The number of hydrogen-bond acceptors (Lipinski definition) is 9. The Labute approximate surface area is 187 Å². The number of rotatable bonds is 7. The minimum Gasteiger partial charge on any atom is -0.466 e. The van der Waals surface area contributed by atoms with Gasteiger partial charge < -0.3 is 29.1 Å². The van der Waals surface area contributed by atoms with E-state index in [-0.39, 0.29) is 25.1 Å². The van der Waals surface area contributed by atoms with Gasteiger partial charge in [0.15, 0.2) is 0 Å². The van der Waals surface area contributed by atoms with E-state index in [1.165, 1.54) is 6.42 Å². The Kier molecular flexibility index (Phi) is 15.8. The van der Waals surface area contributed by atoms with Crippen molar-refractivity contribution in [2.24, 2.45) is 11.3 Å². The molecule has 178 valence electrons. The molecule has 0 bridgehead atoms. The van der Waals surface area contributed by atoms with Gasteiger partial charge in [0.1, 0.15) is 0 Å². The number of esters is 1. The summed E-state index contributed by atoms with van der Waals surface area (Å²) < 4.78 is 10.2. The van der Waals surface area contributed by atoms with Crippen molar-refractivity contribution >= 4 is 26.2 Å². The number of nitrogens with zero attached hydrogens (tertiary/aromatic N) is 2. The summed E-state index contributed by atoms with van der Waals surface area (Å²) in [6, 6.07) is 0. The lowest BCUT2D eigenvalue weighted by atomic mass is 9.73. The van der Waals surface area contributed by atoms with Gasteiger partial charge in [-0.25, -0.2) is 0 Å². The van der Waals surface area contributed by atoms with Gasteiger partial charge in [-0.3, -0.25) is 4.79 Å². The van der Waals surface area contributed by atoms with Gasteiger partial charge >= 0.3 is 26.2 Å². The van der Waals surface area contributed by atoms with E-state index in [1.54, 1.807) is 13.9 Å². The van der Waals surface area contributed by atoms with Gasteiger partial charge in [0.2, 0.25) is 0 Å². The lowest BCUT2D eigenvalue weighted by molar-refractivity contribution is -0.191. The van der Waals surface area contributed by atoms with E-state index in [2.05, 4.69) is 11.7 Å². The van der Waals surface area contributed by atoms with Crippen molar-refractivity contribution in [1.82, 2.24) is 9.62 Å². The predicted octanol–water partition coefficient (Wildman–Crippen LogP) is 1.02. The Morgan fingerprint density at radius 3 is 1.84 bits per heavy atom. The van der Waals surface area contributed by atoms with Crippen molar-refractivity contribution in [2.45, 2.75) is 59.6 Å². The highest BCUT2D eigenvalue weighted by Crippen LogP contribution is 2.35. The smallest absolute Gasteiger partial charge is 0.376 e. The van der Waals surface area contributed by atoms with E-state index in [0.717, 1.165) is 58.5 Å². The van der Waals surface area contributed by atoms with Crippen LogP contribution in [-0.4, -0.2) is 92.4 Å². The lowest BCUT2D eigenvalue weighted by Gasteiger charge is -2.41. The largest absolute Gasteiger partial charge is 0.466 e. The third kappa shape index (κ3) is 11.3. The molecule has 2 rings (SSSR count). The first kappa shape index (κ1) is 29.8. The van der Waals surface area contributed by atoms with Gasteiger partial charge in [-0.1, -0.05) is 6.92 Å². The van der Waals surface area contributed by atoms with Crippen molar-refractivity contribution in [2.75, 3.05) is 46.5 Å². The molecule has 2 N–H and O–H groups in total. The van der Waals surface area contributed by atoms with E-state index in [4.69, 9.17) is 19.1 Å². The topological polar surface area (TPSA) is 117 Å². The third-order valence-electron chi connectivity index (χ3n) is 6.27. The maximum Gasteiger partial charge on any atom is 0.376 e. The molecule has 0 saturated carbocycles. The van der Waals surface area contributed by atoms with Crippen LogP contribution in [0.1, 0.15) is 46.0 Å².